The third-order valence-electron chi connectivity index (χ3n) is 2.46. The molecule has 0 radical (unpaired) electrons. The van der Waals surface area contributed by atoms with Gasteiger partial charge in [-0.2, -0.15) is 0 Å². The molecule has 19 heavy (non-hydrogen) atoms. The number of nitrogens with two attached hydrogens (primary N) is 1. The normalized spacial score (nSPS) is 9.84. The summed E-state index contributed by atoms with van der Waals surface area (Å²) in [6.07, 6.45) is 0. The standard InChI is InChI=1S/C13H19N3O3/c1-10-3-5-12(6-4-10)19-9-15-13(18)16(8-7-14)11(2)17/h3-6H,7-9,14H2,1-2H3,(H,15,18). The smallest absolute Gasteiger partial charge is 0.326 e. The zero-order chi connectivity index (χ0) is 14.3. The Morgan fingerprint density at radius 1 is 1.32 bits per heavy atom. The average molecular weight is 265 g/mol. The summed E-state index contributed by atoms with van der Waals surface area (Å²) < 4.78 is 5.34. The predicted molar refractivity (Wildman–Crippen MR) is 71.6 cm³/mol. The van der Waals surface area contributed by atoms with Crippen LogP contribution in [0.5, 0.6) is 5.75 Å². The number of hydrogen-bond acceptors (Lipinski definition) is 4. The number of imide groups is 1. The van der Waals surface area contributed by atoms with Gasteiger partial charge in [-0.25, -0.2) is 4.79 Å². The molecule has 0 fully saturated rings. The Balaban J connectivity index is 2.41. The quantitative estimate of drug-likeness (QED) is 0.773. The van der Waals surface area contributed by atoms with E-state index in [9.17, 15) is 9.59 Å². The van der Waals surface area contributed by atoms with E-state index in [1.807, 2.05) is 31.2 Å². The summed E-state index contributed by atoms with van der Waals surface area (Å²) in [7, 11) is 0. The van der Waals surface area contributed by atoms with E-state index in [0.717, 1.165) is 10.5 Å². The van der Waals surface area contributed by atoms with Crippen LogP contribution in [-0.4, -0.2) is 36.7 Å². The van der Waals surface area contributed by atoms with Gasteiger partial charge in [0.2, 0.25) is 5.91 Å². The first kappa shape index (κ1) is 15.0. The number of urea groups is 1. The van der Waals surface area contributed by atoms with Gasteiger partial charge < -0.3 is 15.8 Å². The third-order valence-corrected chi connectivity index (χ3v) is 2.46. The van der Waals surface area contributed by atoms with Gasteiger partial charge in [0.15, 0.2) is 6.73 Å². The van der Waals surface area contributed by atoms with Crippen molar-refractivity contribution in [2.75, 3.05) is 19.8 Å². The second-order valence-electron chi connectivity index (χ2n) is 4.04. The first-order valence-electron chi connectivity index (χ1n) is 6.00. The molecule has 0 aliphatic heterocycles. The molecule has 1 aromatic rings. The highest BCUT2D eigenvalue weighted by Gasteiger charge is 2.16. The van der Waals surface area contributed by atoms with Gasteiger partial charge in [0.05, 0.1) is 0 Å². The fourth-order valence-corrected chi connectivity index (χ4v) is 1.44. The minimum absolute atomic E-state index is 0.00372. The van der Waals surface area contributed by atoms with Crippen LogP contribution in [0.2, 0.25) is 0 Å². The number of rotatable bonds is 5. The molecule has 1 aromatic carbocycles. The van der Waals surface area contributed by atoms with Gasteiger partial charge >= 0.3 is 6.03 Å². The maximum Gasteiger partial charge on any atom is 0.326 e. The Bertz CT molecular complexity index is 431. The fourth-order valence-electron chi connectivity index (χ4n) is 1.44. The van der Waals surface area contributed by atoms with E-state index in [1.165, 1.54) is 6.92 Å². The lowest BCUT2D eigenvalue weighted by molar-refractivity contribution is -0.125. The Morgan fingerprint density at radius 2 is 1.95 bits per heavy atom. The molecule has 0 heterocycles. The van der Waals surface area contributed by atoms with Gasteiger partial charge in [0.1, 0.15) is 5.75 Å². The first-order valence-corrected chi connectivity index (χ1v) is 6.00. The fraction of sp³-hybridized carbons (Fsp3) is 0.385. The molecular weight excluding hydrogens is 246 g/mol. The topological polar surface area (TPSA) is 84.7 Å². The highest BCUT2D eigenvalue weighted by atomic mass is 16.5. The molecular formula is C13H19N3O3. The van der Waals surface area contributed by atoms with Crippen molar-refractivity contribution in [3.8, 4) is 5.75 Å². The Labute approximate surface area is 112 Å². The lowest BCUT2D eigenvalue weighted by atomic mass is 10.2. The molecule has 3 N–H and O–H groups in total. The number of nitrogens with zero attached hydrogens (tertiary/aromatic N) is 1. The Hall–Kier alpha value is -2.08. The zero-order valence-corrected chi connectivity index (χ0v) is 11.2. The summed E-state index contributed by atoms with van der Waals surface area (Å²) in [6.45, 7) is 3.70. The van der Waals surface area contributed by atoms with Gasteiger partial charge in [-0.1, -0.05) is 17.7 Å². The second-order valence-corrected chi connectivity index (χ2v) is 4.04. The van der Waals surface area contributed by atoms with E-state index in [2.05, 4.69) is 5.32 Å². The van der Waals surface area contributed by atoms with Crippen LogP contribution in [0.4, 0.5) is 4.79 Å². The summed E-state index contributed by atoms with van der Waals surface area (Å²) in [4.78, 5) is 23.9. The van der Waals surface area contributed by atoms with Crippen molar-refractivity contribution < 1.29 is 14.3 Å². The Kier molecular flexibility index (Phi) is 5.81. The van der Waals surface area contributed by atoms with Gasteiger partial charge in [-0.15, -0.1) is 0 Å². The van der Waals surface area contributed by atoms with Gasteiger partial charge in [0, 0.05) is 20.0 Å². The van der Waals surface area contributed by atoms with E-state index in [0.29, 0.717) is 5.75 Å². The molecule has 0 atom stereocenters. The van der Waals surface area contributed by atoms with Crippen LogP contribution in [0, 0.1) is 6.92 Å². The van der Waals surface area contributed by atoms with Gasteiger partial charge in [-0.05, 0) is 19.1 Å². The van der Waals surface area contributed by atoms with Crippen LogP contribution < -0.4 is 15.8 Å². The number of benzene rings is 1. The largest absolute Gasteiger partial charge is 0.473 e. The molecule has 0 saturated carbocycles. The molecule has 0 unspecified atom stereocenters. The van der Waals surface area contributed by atoms with Gasteiger partial charge in [0.25, 0.3) is 0 Å². The molecule has 6 nitrogen and oxygen atoms in total. The number of hydrogen-bond donors (Lipinski definition) is 2. The first-order chi connectivity index (χ1) is 9.04. The summed E-state index contributed by atoms with van der Waals surface area (Å²) in [5, 5.41) is 2.50. The van der Waals surface area contributed by atoms with E-state index in [1.54, 1.807) is 0 Å². The highest BCUT2D eigenvalue weighted by Crippen LogP contribution is 2.10. The molecule has 0 spiro atoms. The number of nitrogens with one attached hydrogen (secondary N) is 1. The maximum atomic E-state index is 11.7. The van der Waals surface area contributed by atoms with E-state index in [4.69, 9.17) is 10.5 Å². The van der Waals surface area contributed by atoms with Crippen LogP contribution in [0.3, 0.4) is 0 Å². The predicted octanol–water partition coefficient (Wildman–Crippen LogP) is 0.848. The SMILES string of the molecule is CC(=O)N(CCN)C(=O)NCOc1ccc(C)cc1. The number of aryl methyl sites for hydroxylation is 1. The van der Waals surface area contributed by atoms with Crippen molar-refractivity contribution in [1.82, 2.24) is 10.2 Å². The van der Waals surface area contributed by atoms with Crippen molar-refractivity contribution in [3.63, 3.8) is 0 Å². The van der Waals surface area contributed by atoms with Crippen molar-refractivity contribution >= 4 is 11.9 Å². The maximum absolute atomic E-state index is 11.7. The lowest BCUT2D eigenvalue weighted by Gasteiger charge is -2.18. The number of carbonyl (C=O) groups is 2. The van der Waals surface area contributed by atoms with E-state index >= 15 is 0 Å². The van der Waals surface area contributed by atoms with Crippen LogP contribution >= 0.6 is 0 Å². The molecule has 0 aliphatic carbocycles. The molecule has 0 aliphatic rings. The number of carbonyl (C=O) groups excluding carboxylic acids is 2. The average Bonchev–Trinajstić information content (AvgIpc) is 2.37. The molecule has 3 amide bonds. The Morgan fingerprint density at radius 3 is 2.47 bits per heavy atom. The third kappa shape index (κ3) is 4.97. The van der Waals surface area contributed by atoms with Crippen LogP contribution in [-0.2, 0) is 4.79 Å². The van der Waals surface area contributed by atoms with E-state index < -0.39 is 6.03 Å². The summed E-state index contributed by atoms with van der Waals surface area (Å²) >= 11 is 0. The summed E-state index contributed by atoms with van der Waals surface area (Å²) in [5.74, 6) is 0.303. The van der Waals surface area contributed by atoms with Crippen molar-refractivity contribution in [2.45, 2.75) is 13.8 Å². The minimum atomic E-state index is -0.509. The molecule has 1 rings (SSSR count). The molecule has 0 aromatic heterocycles. The van der Waals surface area contributed by atoms with Crippen LogP contribution in [0.15, 0.2) is 24.3 Å². The summed E-state index contributed by atoms with van der Waals surface area (Å²) in [6, 6.07) is 6.93. The lowest BCUT2D eigenvalue weighted by Crippen LogP contribution is -2.46. The molecule has 6 heteroatoms. The molecule has 0 saturated heterocycles. The van der Waals surface area contributed by atoms with Crippen molar-refractivity contribution in [2.24, 2.45) is 5.73 Å². The van der Waals surface area contributed by atoms with Gasteiger partial charge in [-0.3, -0.25) is 9.69 Å². The highest BCUT2D eigenvalue weighted by molar-refractivity contribution is 5.93. The molecule has 0 bridgehead atoms. The minimum Gasteiger partial charge on any atom is -0.473 e. The van der Waals surface area contributed by atoms with Crippen molar-refractivity contribution in [3.05, 3.63) is 29.8 Å². The van der Waals surface area contributed by atoms with Crippen molar-refractivity contribution in [1.29, 1.82) is 0 Å². The van der Waals surface area contributed by atoms with Crippen LogP contribution in [0.25, 0.3) is 0 Å². The second kappa shape index (κ2) is 7.38. The zero-order valence-electron chi connectivity index (χ0n) is 11.2. The molecule has 104 valence electrons. The number of ether oxygens (including phenoxy) is 1. The number of amides is 3. The summed E-state index contributed by atoms with van der Waals surface area (Å²) in [5.41, 5.74) is 6.46. The van der Waals surface area contributed by atoms with E-state index in [-0.39, 0.29) is 25.7 Å². The monoisotopic (exact) mass is 265 g/mol. The van der Waals surface area contributed by atoms with Crippen LogP contribution in [0.1, 0.15) is 12.5 Å².